The van der Waals surface area contributed by atoms with Gasteiger partial charge in [-0.3, -0.25) is 0 Å². The lowest BCUT2D eigenvalue weighted by molar-refractivity contribution is -0.133. The Morgan fingerprint density at radius 3 is 2.53 bits per heavy atom. The summed E-state index contributed by atoms with van der Waals surface area (Å²) in [7, 11) is -2.35. The second-order valence-corrected chi connectivity index (χ2v) is 6.16. The Kier molecular flexibility index (Phi) is 4.58. The van der Waals surface area contributed by atoms with Crippen LogP contribution in [0.4, 0.5) is 0 Å². The van der Waals surface area contributed by atoms with Gasteiger partial charge in [0.25, 0.3) is 0 Å². The number of allylic oxidation sites excluding steroid dienone is 3. The molecule has 0 amide bonds. The topological polar surface area (TPSA) is 71.4 Å². The number of carbonyl (C=O) groups is 1. The summed E-state index contributed by atoms with van der Waals surface area (Å²) in [5, 5.41) is 9.22. The lowest BCUT2D eigenvalue weighted by atomic mass is 9.78. The first-order valence-electron chi connectivity index (χ1n) is 6.67. The average molecular weight is 282 g/mol. The first-order valence-corrected chi connectivity index (χ1v) is 7.74. The van der Waals surface area contributed by atoms with Crippen molar-refractivity contribution < 1.29 is 18.3 Å². The van der Waals surface area contributed by atoms with Crippen molar-refractivity contribution in [2.75, 3.05) is 0 Å². The van der Waals surface area contributed by atoms with Gasteiger partial charge in [0.1, 0.15) is 0 Å². The van der Waals surface area contributed by atoms with Gasteiger partial charge in [-0.2, -0.15) is 8.42 Å². The van der Waals surface area contributed by atoms with Gasteiger partial charge in [-0.05, 0) is 18.4 Å². The summed E-state index contributed by atoms with van der Waals surface area (Å²) in [4.78, 5) is 11.5. The molecule has 1 saturated carbocycles. The molecule has 1 unspecified atom stereocenters. The zero-order chi connectivity index (χ0) is 13.8. The maximum Gasteiger partial charge on any atom is 0.332 e. The highest BCUT2D eigenvalue weighted by Crippen LogP contribution is 2.33. The predicted octanol–water partition coefficient (Wildman–Crippen LogP) is 2.21. The average Bonchev–Trinajstić information content (AvgIpc) is 2.39. The van der Waals surface area contributed by atoms with E-state index in [9.17, 15) is 18.3 Å². The molecular weight excluding hydrogens is 264 g/mol. The van der Waals surface area contributed by atoms with E-state index in [4.69, 9.17) is 0 Å². The standard InChI is InChI=1S/C14H18O4S/c15-14(16)11-7-4-8-13(19(17)18)12(11)9-10-5-2-1-3-6-10/h4,7-8,10,12H,1-3,5-6,9H2,(H,15,16). The van der Waals surface area contributed by atoms with E-state index in [0.717, 1.165) is 25.7 Å². The number of aliphatic carboxylic acids is 1. The van der Waals surface area contributed by atoms with Crippen molar-refractivity contribution in [1.82, 2.24) is 0 Å². The highest BCUT2D eigenvalue weighted by atomic mass is 32.2. The molecule has 0 aliphatic heterocycles. The molecule has 19 heavy (non-hydrogen) atoms. The lowest BCUT2D eigenvalue weighted by Gasteiger charge is -2.27. The molecule has 1 fully saturated rings. The fourth-order valence-electron chi connectivity index (χ4n) is 3.02. The van der Waals surface area contributed by atoms with E-state index >= 15 is 0 Å². The van der Waals surface area contributed by atoms with E-state index in [1.54, 1.807) is 0 Å². The molecule has 2 aliphatic carbocycles. The molecule has 0 saturated heterocycles. The molecule has 5 heteroatoms. The largest absolute Gasteiger partial charge is 0.478 e. The Balaban J connectivity index is 2.25. The third-order valence-electron chi connectivity index (χ3n) is 3.99. The molecule has 2 aliphatic rings. The van der Waals surface area contributed by atoms with Gasteiger partial charge in [0.2, 0.25) is 10.3 Å². The predicted molar refractivity (Wildman–Crippen MR) is 73.5 cm³/mol. The summed E-state index contributed by atoms with van der Waals surface area (Å²) in [5.74, 6) is -1.07. The molecule has 104 valence electrons. The molecule has 0 aromatic carbocycles. The number of carboxylic acid groups (broad SMARTS) is 1. The van der Waals surface area contributed by atoms with Gasteiger partial charge in [-0.25, -0.2) is 4.79 Å². The van der Waals surface area contributed by atoms with Gasteiger partial charge in [0.15, 0.2) is 0 Å². The quantitative estimate of drug-likeness (QED) is 0.806. The third kappa shape index (κ3) is 3.35. The first kappa shape index (κ1) is 14.1. The smallest absolute Gasteiger partial charge is 0.332 e. The lowest BCUT2D eigenvalue weighted by Crippen LogP contribution is -2.26. The van der Waals surface area contributed by atoms with E-state index in [2.05, 4.69) is 0 Å². The van der Waals surface area contributed by atoms with E-state index < -0.39 is 22.2 Å². The van der Waals surface area contributed by atoms with Crippen LogP contribution in [0, 0.1) is 11.8 Å². The van der Waals surface area contributed by atoms with Gasteiger partial charge in [0, 0.05) is 11.5 Å². The summed E-state index contributed by atoms with van der Waals surface area (Å²) < 4.78 is 22.5. The fraction of sp³-hybridized carbons (Fsp3) is 0.571. The van der Waals surface area contributed by atoms with Crippen LogP contribution in [0.2, 0.25) is 0 Å². The highest BCUT2D eigenvalue weighted by Gasteiger charge is 2.30. The second-order valence-electron chi connectivity index (χ2n) is 5.22. The van der Waals surface area contributed by atoms with Crippen LogP contribution < -0.4 is 0 Å². The van der Waals surface area contributed by atoms with Gasteiger partial charge in [-0.15, -0.1) is 0 Å². The van der Waals surface area contributed by atoms with Gasteiger partial charge < -0.3 is 5.11 Å². The zero-order valence-electron chi connectivity index (χ0n) is 10.7. The summed E-state index contributed by atoms with van der Waals surface area (Å²) in [5.41, 5.74) is 0.201. The molecule has 0 aromatic heterocycles. The van der Waals surface area contributed by atoms with Crippen molar-refractivity contribution in [1.29, 1.82) is 0 Å². The summed E-state index contributed by atoms with van der Waals surface area (Å²) >= 11 is 0. The van der Waals surface area contributed by atoms with Crippen molar-refractivity contribution in [3.05, 3.63) is 23.8 Å². The minimum Gasteiger partial charge on any atom is -0.478 e. The SMILES string of the molecule is O=C(O)C1=CC=CC(=S(=O)=O)C1CC1CCCCC1. The molecule has 2 rings (SSSR count). The Bertz CT molecular complexity index is 540. The van der Waals surface area contributed by atoms with Crippen molar-refractivity contribution >= 4 is 21.1 Å². The Morgan fingerprint density at radius 1 is 1.26 bits per heavy atom. The number of rotatable bonds is 3. The Hall–Kier alpha value is -1.36. The molecule has 0 spiro atoms. The molecule has 0 radical (unpaired) electrons. The van der Waals surface area contributed by atoms with Crippen molar-refractivity contribution in [2.24, 2.45) is 11.8 Å². The van der Waals surface area contributed by atoms with Gasteiger partial charge >= 0.3 is 5.97 Å². The van der Waals surface area contributed by atoms with Crippen LogP contribution in [0.5, 0.6) is 0 Å². The molecule has 0 aromatic rings. The molecular formula is C14H18O4S. The van der Waals surface area contributed by atoms with Crippen molar-refractivity contribution in [3.63, 3.8) is 0 Å². The van der Waals surface area contributed by atoms with E-state index in [-0.39, 0.29) is 10.4 Å². The zero-order valence-corrected chi connectivity index (χ0v) is 11.5. The molecule has 4 nitrogen and oxygen atoms in total. The van der Waals surface area contributed by atoms with Crippen LogP contribution in [0.3, 0.4) is 0 Å². The van der Waals surface area contributed by atoms with Crippen LogP contribution in [-0.4, -0.2) is 24.4 Å². The number of hydrogen-bond donors (Lipinski definition) is 1. The van der Waals surface area contributed by atoms with Crippen LogP contribution in [0.25, 0.3) is 0 Å². The van der Waals surface area contributed by atoms with Crippen molar-refractivity contribution in [3.8, 4) is 0 Å². The Labute approximate surface area is 114 Å². The first-order chi connectivity index (χ1) is 9.09. The van der Waals surface area contributed by atoms with Gasteiger partial charge in [0.05, 0.1) is 4.86 Å². The summed E-state index contributed by atoms with van der Waals surface area (Å²) in [6.07, 6.45) is 10.9. The maximum absolute atomic E-state index is 11.3. The summed E-state index contributed by atoms with van der Waals surface area (Å²) in [6, 6.07) is 0. The molecule has 0 bridgehead atoms. The van der Waals surface area contributed by atoms with E-state index in [1.165, 1.54) is 24.6 Å². The van der Waals surface area contributed by atoms with E-state index in [1.807, 2.05) is 0 Å². The van der Waals surface area contributed by atoms with Crippen molar-refractivity contribution in [2.45, 2.75) is 38.5 Å². The minimum absolute atomic E-state index is 0.201. The van der Waals surface area contributed by atoms with E-state index in [0.29, 0.717) is 12.3 Å². The molecule has 1 atom stereocenters. The Morgan fingerprint density at radius 2 is 1.95 bits per heavy atom. The van der Waals surface area contributed by atoms with Crippen LogP contribution in [-0.2, 0) is 15.1 Å². The minimum atomic E-state index is -2.35. The number of carboxylic acids is 1. The van der Waals surface area contributed by atoms with Crippen LogP contribution >= 0.6 is 0 Å². The molecule has 1 N–H and O–H groups in total. The molecule has 0 heterocycles. The monoisotopic (exact) mass is 282 g/mol. The maximum atomic E-state index is 11.3. The van der Waals surface area contributed by atoms with Crippen LogP contribution in [0.15, 0.2) is 23.8 Å². The third-order valence-corrected chi connectivity index (χ3v) is 4.79. The fourth-order valence-corrected chi connectivity index (χ4v) is 3.67. The normalized spacial score (nSPS) is 24.1. The highest BCUT2D eigenvalue weighted by molar-refractivity contribution is 7.73. The summed E-state index contributed by atoms with van der Waals surface area (Å²) in [6.45, 7) is 0. The second kappa shape index (κ2) is 6.19. The van der Waals surface area contributed by atoms with Gasteiger partial charge in [-0.1, -0.05) is 44.3 Å². The number of hydrogen-bond acceptors (Lipinski definition) is 3. The van der Waals surface area contributed by atoms with Crippen LogP contribution in [0.1, 0.15) is 38.5 Å².